The zero-order chi connectivity index (χ0) is 8.39. The maximum absolute atomic E-state index is 8.51. The van der Waals surface area contributed by atoms with E-state index in [2.05, 4.69) is 10.1 Å². The molecule has 64 valence electrons. The van der Waals surface area contributed by atoms with Crippen molar-refractivity contribution in [2.75, 3.05) is 13.2 Å². The van der Waals surface area contributed by atoms with Crippen molar-refractivity contribution >= 4 is 5.65 Å². The number of hydrogen-bond donors (Lipinski definition) is 1. The second-order valence-electron chi connectivity index (χ2n) is 2.21. The topological polar surface area (TPSA) is 64.6 Å². The Bertz CT molecular complexity index is 366. The second-order valence-corrected chi connectivity index (χ2v) is 2.21. The molecule has 6 nitrogen and oxygen atoms in total. The Hall–Kier alpha value is -1.56. The standard InChI is InChI=1S/C6H8N4O2/c11-1-2-12-10-5-8-9-4-7-3-6(9)10/h3-5,11H,1-2H2. The molecule has 2 aromatic rings. The average Bonchev–Trinajstić information content (AvgIpc) is 2.62. The molecule has 0 atom stereocenters. The van der Waals surface area contributed by atoms with E-state index in [0.29, 0.717) is 0 Å². The highest BCUT2D eigenvalue weighted by molar-refractivity contribution is 5.33. The molecule has 0 radical (unpaired) electrons. The Labute approximate surface area is 68.0 Å². The predicted octanol–water partition coefficient (Wildman–Crippen LogP) is -1.05. The Morgan fingerprint density at radius 2 is 2.42 bits per heavy atom. The summed E-state index contributed by atoms with van der Waals surface area (Å²) in [6.45, 7) is 0.232. The normalized spacial score (nSPS) is 10.8. The largest absolute Gasteiger partial charge is 0.408 e. The summed E-state index contributed by atoms with van der Waals surface area (Å²) in [5.41, 5.74) is 0.739. The number of nitrogens with zero attached hydrogens (tertiary/aromatic N) is 4. The molecule has 0 aliphatic carbocycles. The van der Waals surface area contributed by atoms with Crippen molar-refractivity contribution in [2.24, 2.45) is 0 Å². The number of aliphatic hydroxyl groups is 1. The van der Waals surface area contributed by atoms with Crippen LogP contribution >= 0.6 is 0 Å². The molecule has 0 aliphatic heterocycles. The molecule has 0 spiro atoms. The Morgan fingerprint density at radius 3 is 3.25 bits per heavy atom. The van der Waals surface area contributed by atoms with Gasteiger partial charge in [-0.25, -0.2) is 4.98 Å². The van der Waals surface area contributed by atoms with E-state index in [4.69, 9.17) is 9.94 Å². The van der Waals surface area contributed by atoms with Gasteiger partial charge in [0.05, 0.1) is 12.8 Å². The van der Waals surface area contributed by atoms with E-state index in [1.54, 1.807) is 17.0 Å². The fourth-order valence-corrected chi connectivity index (χ4v) is 0.929. The summed E-state index contributed by atoms with van der Waals surface area (Å²) in [6.07, 6.45) is 4.73. The average molecular weight is 168 g/mol. The van der Waals surface area contributed by atoms with Crippen LogP contribution in [0, 0.1) is 0 Å². The fourth-order valence-electron chi connectivity index (χ4n) is 0.929. The molecule has 2 aromatic heterocycles. The van der Waals surface area contributed by atoms with Gasteiger partial charge in [-0.15, -0.1) is 0 Å². The van der Waals surface area contributed by atoms with E-state index < -0.39 is 0 Å². The van der Waals surface area contributed by atoms with Crippen molar-refractivity contribution < 1.29 is 9.94 Å². The number of aromatic nitrogens is 4. The van der Waals surface area contributed by atoms with Crippen molar-refractivity contribution in [3.05, 3.63) is 18.9 Å². The first-order valence-electron chi connectivity index (χ1n) is 3.51. The third-order valence-electron chi connectivity index (χ3n) is 1.43. The predicted molar refractivity (Wildman–Crippen MR) is 39.5 cm³/mol. The summed E-state index contributed by atoms with van der Waals surface area (Å²) in [4.78, 5) is 8.98. The molecule has 6 heteroatoms. The van der Waals surface area contributed by atoms with Crippen LogP contribution in [-0.4, -0.2) is 37.6 Å². The van der Waals surface area contributed by atoms with Crippen molar-refractivity contribution in [3.63, 3.8) is 0 Å². The smallest absolute Gasteiger partial charge is 0.191 e. The quantitative estimate of drug-likeness (QED) is 0.635. The third-order valence-corrected chi connectivity index (χ3v) is 1.43. The van der Waals surface area contributed by atoms with Crippen LogP contribution in [-0.2, 0) is 0 Å². The van der Waals surface area contributed by atoms with Crippen LogP contribution in [0.3, 0.4) is 0 Å². The molecule has 0 aromatic carbocycles. The highest BCUT2D eigenvalue weighted by Gasteiger charge is 2.01. The molecule has 0 fully saturated rings. The van der Waals surface area contributed by atoms with Gasteiger partial charge in [0.25, 0.3) is 0 Å². The van der Waals surface area contributed by atoms with Crippen molar-refractivity contribution in [3.8, 4) is 0 Å². The van der Waals surface area contributed by atoms with Gasteiger partial charge in [-0.05, 0) is 0 Å². The van der Waals surface area contributed by atoms with Crippen LogP contribution in [0.15, 0.2) is 18.9 Å². The van der Waals surface area contributed by atoms with Gasteiger partial charge >= 0.3 is 0 Å². The van der Waals surface area contributed by atoms with Gasteiger partial charge in [-0.2, -0.15) is 14.3 Å². The molecule has 0 amide bonds. The molecule has 2 rings (SSSR count). The third kappa shape index (κ3) is 1.02. The van der Waals surface area contributed by atoms with E-state index in [1.807, 2.05) is 0 Å². The van der Waals surface area contributed by atoms with E-state index in [-0.39, 0.29) is 13.2 Å². The minimum absolute atomic E-state index is 0.0154. The monoisotopic (exact) mass is 168 g/mol. The summed E-state index contributed by atoms with van der Waals surface area (Å²) < 4.78 is 3.04. The van der Waals surface area contributed by atoms with Crippen LogP contribution < -0.4 is 4.84 Å². The molecular weight excluding hydrogens is 160 g/mol. The number of fused-ring (bicyclic) bond motifs is 1. The van der Waals surface area contributed by atoms with Gasteiger partial charge in [0.1, 0.15) is 12.9 Å². The lowest BCUT2D eigenvalue weighted by Crippen LogP contribution is -2.14. The Kier molecular flexibility index (Phi) is 1.67. The lowest BCUT2D eigenvalue weighted by atomic mass is 10.8. The molecule has 12 heavy (non-hydrogen) atoms. The molecule has 2 heterocycles. The van der Waals surface area contributed by atoms with Crippen LogP contribution in [0.25, 0.3) is 5.65 Å². The van der Waals surface area contributed by atoms with Gasteiger partial charge in [0.2, 0.25) is 0 Å². The second kappa shape index (κ2) is 2.82. The molecule has 0 saturated carbocycles. The van der Waals surface area contributed by atoms with Crippen molar-refractivity contribution in [2.45, 2.75) is 0 Å². The molecule has 0 bridgehead atoms. The van der Waals surface area contributed by atoms with Gasteiger partial charge < -0.3 is 9.94 Å². The van der Waals surface area contributed by atoms with Crippen LogP contribution in [0.2, 0.25) is 0 Å². The van der Waals surface area contributed by atoms with Crippen molar-refractivity contribution in [1.29, 1.82) is 0 Å². The zero-order valence-electron chi connectivity index (χ0n) is 6.29. The van der Waals surface area contributed by atoms with Gasteiger partial charge in [-0.1, -0.05) is 0 Å². The van der Waals surface area contributed by atoms with Crippen molar-refractivity contribution in [1.82, 2.24) is 19.3 Å². The first-order valence-corrected chi connectivity index (χ1v) is 3.51. The molecule has 0 aliphatic rings. The number of hydrogen-bond acceptors (Lipinski definition) is 4. The van der Waals surface area contributed by atoms with E-state index in [1.165, 1.54) is 11.1 Å². The molecule has 0 unspecified atom stereocenters. The van der Waals surface area contributed by atoms with E-state index >= 15 is 0 Å². The summed E-state index contributed by atoms with van der Waals surface area (Å²) in [7, 11) is 0. The molecular formula is C6H8N4O2. The first-order chi connectivity index (χ1) is 5.92. The van der Waals surface area contributed by atoms with E-state index in [0.717, 1.165) is 5.65 Å². The summed E-state index contributed by atoms with van der Waals surface area (Å²) in [6, 6.07) is 0. The minimum atomic E-state index is -0.0154. The van der Waals surface area contributed by atoms with Crippen LogP contribution in [0.4, 0.5) is 0 Å². The molecule has 1 N–H and O–H groups in total. The van der Waals surface area contributed by atoms with E-state index in [9.17, 15) is 0 Å². The minimum Gasteiger partial charge on any atom is -0.408 e. The summed E-state index contributed by atoms with van der Waals surface area (Å²) in [5, 5.41) is 12.4. The van der Waals surface area contributed by atoms with Gasteiger partial charge in [0, 0.05) is 0 Å². The molecule has 0 saturated heterocycles. The number of rotatable bonds is 3. The Morgan fingerprint density at radius 1 is 1.50 bits per heavy atom. The summed E-state index contributed by atoms with van der Waals surface area (Å²) >= 11 is 0. The highest BCUT2D eigenvalue weighted by atomic mass is 16.7. The van der Waals surface area contributed by atoms with Gasteiger partial charge in [-0.3, -0.25) is 0 Å². The van der Waals surface area contributed by atoms with Crippen LogP contribution in [0.5, 0.6) is 0 Å². The SMILES string of the molecule is OCCOn1cnn2cncc12. The first kappa shape index (κ1) is 7.11. The summed E-state index contributed by atoms with van der Waals surface area (Å²) in [5.74, 6) is 0. The van der Waals surface area contributed by atoms with Gasteiger partial charge in [0.15, 0.2) is 12.0 Å². The lowest BCUT2D eigenvalue weighted by Gasteiger charge is -2.01. The van der Waals surface area contributed by atoms with Crippen LogP contribution in [0.1, 0.15) is 0 Å². The Balaban J connectivity index is 2.28. The lowest BCUT2D eigenvalue weighted by molar-refractivity contribution is 0.0818. The maximum atomic E-state index is 8.51. The number of aliphatic hydroxyl groups excluding tert-OH is 1. The highest BCUT2D eigenvalue weighted by Crippen LogP contribution is 1.97. The number of imidazole rings is 1. The fraction of sp³-hybridized carbons (Fsp3) is 0.333. The zero-order valence-corrected chi connectivity index (χ0v) is 6.29. The maximum Gasteiger partial charge on any atom is 0.191 e.